The molecule has 0 bridgehead atoms. The summed E-state index contributed by atoms with van der Waals surface area (Å²) in [6.07, 6.45) is 1.79. The van der Waals surface area contributed by atoms with Crippen LogP contribution in [0.5, 0.6) is 0 Å². The SMILES string of the molecule is NC(=O)c1ccc(CN2CCC[C@H]2C(=O)OCc2ccccc2)cc1. The molecule has 1 saturated heterocycles. The summed E-state index contributed by atoms with van der Waals surface area (Å²) in [5.74, 6) is -0.606. The molecule has 1 atom stereocenters. The van der Waals surface area contributed by atoms with E-state index in [1.165, 1.54) is 0 Å². The van der Waals surface area contributed by atoms with Gasteiger partial charge in [-0.3, -0.25) is 14.5 Å². The van der Waals surface area contributed by atoms with Crippen molar-refractivity contribution in [2.75, 3.05) is 6.54 Å². The van der Waals surface area contributed by atoms with Gasteiger partial charge in [-0.2, -0.15) is 0 Å². The number of carbonyl (C=O) groups excluding carboxylic acids is 2. The second-order valence-corrected chi connectivity index (χ2v) is 6.28. The molecule has 0 aromatic heterocycles. The molecule has 130 valence electrons. The van der Waals surface area contributed by atoms with Crippen LogP contribution in [0.4, 0.5) is 0 Å². The number of hydrogen-bond donors (Lipinski definition) is 1. The van der Waals surface area contributed by atoms with Crippen molar-refractivity contribution in [1.29, 1.82) is 0 Å². The van der Waals surface area contributed by atoms with Crippen LogP contribution in [0.3, 0.4) is 0 Å². The zero-order valence-electron chi connectivity index (χ0n) is 14.1. The molecule has 1 fully saturated rings. The van der Waals surface area contributed by atoms with Crippen LogP contribution in [0.2, 0.25) is 0 Å². The molecule has 0 radical (unpaired) electrons. The van der Waals surface area contributed by atoms with Gasteiger partial charge in [-0.15, -0.1) is 0 Å². The van der Waals surface area contributed by atoms with Crippen LogP contribution in [0.1, 0.15) is 34.3 Å². The molecule has 0 spiro atoms. The van der Waals surface area contributed by atoms with Crippen molar-refractivity contribution in [3.05, 3.63) is 71.3 Å². The van der Waals surface area contributed by atoms with E-state index in [1.54, 1.807) is 12.1 Å². The van der Waals surface area contributed by atoms with Gasteiger partial charge in [-0.25, -0.2) is 0 Å². The lowest BCUT2D eigenvalue weighted by Crippen LogP contribution is -2.36. The molecule has 1 amide bonds. The lowest BCUT2D eigenvalue weighted by Gasteiger charge is -2.23. The molecule has 0 saturated carbocycles. The zero-order chi connectivity index (χ0) is 17.6. The van der Waals surface area contributed by atoms with Crippen LogP contribution >= 0.6 is 0 Å². The zero-order valence-corrected chi connectivity index (χ0v) is 14.1. The van der Waals surface area contributed by atoms with Gasteiger partial charge >= 0.3 is 5.97 Å². The number of ether oxygens (including phenoxy) is 1. The fraction of sp³-hybridized carbons (Fsp3) is 0.300. The molecule has 25 heavy (non-hydrogen) atoms. The van der Waals surface area contributed by atoms with Gasteiger partial charge in [0.1, 0.15) is 12.6 Å². The fourth-order valence-electron chi connectivity index (χ4n) is 3.12. The van der Waals surface area contributed by atoms with E-state index in [1.807, 2.05) is 42.5 Å². The molecule has 2 N–H and O–H groups in total. The van der Waals surface area contributed by atoms with Gasteiger partial charge in [0, 0.05) is 12.1 Å². The third kappa shape index (κ3) is 4.45. The minimum Gasteiger partial charge on any atom is -0.460 e. The highest BCUT2D eigenvalue weighted by Gasteiger charge is 2.31. The fourth-order valence-corrected chi connectivity index (χ4v) is 3.12. The van der Waals surface area contributed by atoms with Crippen molar-refractivity contribution in [1.82, 2.24) is 4.90 Å². The van der Waals surface area contributed by atoms with Crippen LogP contribution in [0, 0.1) is 0 Å². The van der Waals surface area contributed by atoms with E-state index < -0.39 is 5.91 Å². The van der Waals surface area contributed by atoms with Gasteiger partial charge in [0.2, 0.25) is 5.91 Å². The monoisotopic (exact) mass is 338 g/mol. The number of nitrogens with two attached hydrogens (primary N) is 1. The second kappa shape index (κ2) is 7.94. The Morgan fingerprint density at radius 2 is 1.76 bits per heavy atom. The molecular formula is C20H22N2O3. The highest BCUT2D eigenvalue weighted by atomic mass is 16.5. The predicted octanol–water partition coefficient (Wildman–Crippen LogP) is 2.49. The third-order valence-electron chi connectivity index (χ3n) is 4.48. The summed E-state index contributed by atoms with van der Waals surface area (Å²) in [7, 11) is 0. The van der Waals surface area contributed by atoms with Gasteiger partial charge < -0.3 is 10.5 Å². The molecule has 3 rings (SSSR count). The van der Waals surface area contributed by atoms with Crippen molar-refractivity contribution < 1.29 is 14.3 Å². The summed E-state index contributed by atoms with van der Waals surface area (Å²) in [5.41, 5.74) is 7.79. The molecular weight excluding hydrogens is 316 g/mol. The average molecular weight is 338 g/mol. The van der Waals surface area contributed by atoms with Crippen LogP contribution in [0.25, 0.3) is 0 Å². The molecule has 1 aliphatic heterocycles. The van der Waals surface area contributed by atoms with Crippen LogP contribution in [-0.4, -0.2) is 29.4 Å². The molecule has 2 aromatic rings. The lowest BCUT2D eigenvalue weighted by molar-refractivity contribution is -0.150. The Morgan fingerprint density at radius 3 is 2.44 bits per heavy atom. The summed E-state index contributed by atoms with van der Waals surface area (Å²) in [6.45, 7) is 1.82. The number of esters is 1. The Kier molecular flexibility index (Phi) is 5.46. The molecule has 1 aliphatic rings. The summed E-state index contributed by atoms with van der Waals surface area (Å²) < 4.78 is 5.49. The van der Waals surface area contributed by atoms with E-state index in [4.69, 9.17) is 10.5 Å². The molecule has 5 heteroatoms. The topological polar surface area (TPSA) is 72.6 Å². The first kappa shape index (κ1) is 17.2. The maximum Gasteiger partial charge on any atom is 0.323 e. The summed E-state index contributed by atoms with van der Waals surface area (Å²) in [6, 6.07) is 16.7. The van der Waals surface area contributed by atoms with Gasteiger partial charge in [0.05, 0.1) is 0 Å². The van der Waals surface area contributed by atoms with Gasteiger partial charge in [-0.1, -0.05) is 42.5 Å². The van der Waals surface area contributed by atoms with Crippen molar-refractivity contribution in [3.63, 3.8) is 0 Å². The van der Waals surface area contributed by atoms with E-state index in [2.05, 4.69) is 4.90 Å². The summed E-state index contributed by atoms with van der Waals surface area (Å²) in [4.78, 5) is 25.7. The summed E-state index contributed by atoms with van der Waals surface area (Å²) >= 11 is 0. The van der Waals surface area contributed by atoms with Gasteiger partial charge in [0.25, 0.3) is 0 Å². The van der Waals surface area contributed by atoms with Crippen molar-refractivity contribution in [3.8, 4) is 0 Å². The standard InChI is InChI=1S/C20H22N2O3/c21-19(23)17-10-8-15(9-11-17)13-22-12-4-7-18(22)20(24)25-14-16-5-2-1-3-6-16/h1-3,5-6,8-11,18H,4,7,12-14H2,(H2,21,23)/t18-/m0/s1. The van der Waals surface area contributed by atoms with Crippen LogP contribution in [-0.2, 0) is 22.7 Å². The smallest absolute Gasteiger partial charge is 0.323 e. The van der Waals surface area contributed by atoms with E-state index in [0.29, 0.717) is 18.7 Å². The Bertz CT molecular complexity index is 728. The maximum absolute atomic E-state index is 12.4. The summed E-state index contributed by atoms with van der Waals surface area (Å²) in [5, 5.41) is 0. The van der Waals surface area contributed by atoms with Gasteiger partial charge in [-0.05, 0) is 42.6 Å². The Hall–Kier alpha value is -2.66. The number of likely N-dealkylation sites (tertiary alicyclic amines) is 1. The van der Waals surface area contributed by atoms with E-state index in [0.717, 1.165) is 30.5 Å². The highest BCUT2D eigenvalue weighted by Crippen LogP contribution is 2.22. The van der Waals surface area contributed by atoms with Crippen LogP contribution < -0.4 is 5.73 Å². The van der Waals surface area contributed by atoms with E-state index in [-0.39, 0.29) is 12.0 Å². The van der Waals surface area contributed by atoms with Crippen LogP contribution in [0.15, 0.2) is 54.6 Å². The highest BCUT2D eigenvalue weighted by molar-refractivity contribution is 5.92. The molecule has 1 heterocycles. The first-order chi connectivity index (χ1) is 12.1. The minimum absolute atomic E-state index is 0.171. The number of amides is 1. The largest absolute Gasteiger partial charge is 0.460 e. The lowest BCUT2D eigenvalue weighted by atomic mass is 10.1. The number of carbonyl (C=O) groups is 2. The number of benzene rings is 2. The second-order valence-electron chi connectivity index (χ2n) is 6.28. The van der Waals surface area contributed by atoms with E-state index >= 15 is 0 Å². The van der Waals surface area contributed by atoms with Crippen molar-refractivity contribution in [2.24, 2.45) is 5.73 Å². The molecule has 2 aromatic carbocycles. The third-order valence-corrected chi connectivity index (χ3v) is 4.48. The number of primary amides is 1. The van der Waals surface area contributed by atoms with Crippen molar-refractivity contribution >= 4 is 11.9 Å². The Morgan fingerprint density at radius 1 is 1.04 bits per heavy atom. The first-order valence-corrected chi connectivity index (χ1v) is 8.47. The number of nitrogens with zero attached hydrogens (tertiary/aromatic N) is 1. The number of hydrogen-bond acceptors (Lipinski definition) is 4. The predicted molar refractivity (Wildman–Crippen MR) is 94.6 cm³/mol. The Labute approximate surface area is 147 Å². The normalized spacial score (nSPS) is 17.4. The van der Waals surface area contributed by atoms with Gasteiger partial charge in [0.15, 0.2) is 0 Å². The first-order valence-electron chi connectivity index (χ1n) is 8.47. The Balaban J connectivity index is 1.58. The molecule has 0 unspecified atom stereocenters. The van der Waals surface area contributed by atoms with Crippen molar-refractivity contribution in [2.45, 2.75) is 32.0 Å². The quantitative estimate of drug-likeness (QED) is 0.822. The molecule has 0 aliphatic carbocycles. The maximum atomic E-state index is 12.4. The molecule has 5 nitrogen and oxygen atoms in total. The average Bonchev–Trinajstić information content (AvgIpc) is 3.09. The van der Waals surface area contributed by atoms with E-state index in [9.17, 15) is 9.59 Å². The minimum atomic E-state index is -0.435. The number of rotatable bonds is 6.